The summed E-state index contributed by atoms with van der Waals surface area (Å²) in [6, 6.07) is 18.8. The Balaban J connectivity index is 1.70. The number of nitrogens with one attached hydrogen (secondary N) is 1. The van der Waals surface area contributed by atoms with Crippen molar-refractivity contribution in [1.82, 2.24) is 0 Å². The van der Waals surface area contributed by atoms with Gasteiger partial charge in [-0.05, 0) is 78.1 Å². The monoisotopic (exact) mass is 460 g/mol. The Bertz CT molecular complexity index is 1180. The number of anilines is 1. The van der Waals surface area contributed by atoms with Crippen LogP contribution in [-0.4, -0.2) is 29.9 Å². The van der Waals surface area contributed by atoms with Crippen LogP contribution in [0.25, 0.3) is 0 Å². The number of carbonyl (C=O) groups is 2. The van der Waals surface area contributed by atoms with E-state index in [2.05, 4.69) is 31.3 Å². The third kappa shape index (κ3) is 6.45. The molecule has 0 spiro atoms. The van der Waals surface area contributed by atoms with Crippen molar-refractivity contribution < 1.29 is 24.2 Å². The third-order valence-electron chi connectivity index (χ3n) is 5.00. The molecule has 0 heterocycles. The molecule has 0 aliphatic heterocycles. The Morgan fingerprint density at radius 1 is 0.941 bits per heavy atom. The van der Waals surface area contributed by atoms with Gasteiger partial charge in [0.2, 0.25) is 0 Å². The summed E-state index contributed by atoms with van der Waals surface area (Å²) in [5.41, 5.74) is 6.01. The average Bonchev–Trinajstić information content (AvgIpc) is 2.80. The lowest BCUT2D eigenvalue weighted by molar-refractivity contribution is 0.0694. The Morgan fingerprint density at radius 2 is 1.59 bits per heavy atom. The quantitative estimate of drug-likeness (QED) is 0.192. The maximum Gasteiger partial charge on any atom is 0.343 e. The van der Waals surface area contributed by atoms with Crippen molar-refractivity contribution in [3.63, 3.8) is 0 Å². The van der Waals surface area contributed by atoms with Gasteiger partial charge >= 0.3 is 11.9 Å². The average molecular weight is 461 g/mol. The van der Waals surface area contributed by atoms with E-state index in [0.29, 0.717) is 29.4 Å². The molecule has 0 saturated carbocycles. The highest BCUT2D eigenvalue weighted by Crippen LogP contribution is 2.29. The largest absolute Gasteiger partial charge is 0.490 e. The van der Waals surface area contributed by atoms with Gasteiger partial charge in [-0.15, -0.1) is 0 Å². The van der Waals surface area contributed by atoms with Crippen molar-refractivity contribution in [2.24, 2.45) is 5.10 Å². The number of esters is 1. The number of rotatable bonds is 8. The second-order valence-corrected chi connectivity index (χ2v) is 8.61. The molecule has 3 rings (SSSR count). The molecular formula is C27H28N2O5. The summed E-state index contributed by atoms with van der Waals surface area (Å²) in [7, 11) is 0. The molecule has 3 aromatic carbocycles. The van der Waals surface area contributed by atoms with Crippen molar-refractivity contribution in [3.05, 3.63) is 89.0 Å². The number of hydrogen-bond donors (Lipinski definition) is 2. The number of nitrogens with zero attached hydrogens (tertiary/aromatic N) is 1. The summed E-state index contributed by atoms with van der Waals surface area (Å²) in [5.74, 6) is -0.700. The molecule has 3 aromatic rings. The van der Waals surface area contributed by atoms with E-state index in [1.807, 2.05) is 19.1 Å². The first-order valence-corrected chi connectivity index (χ1v) is 10.9. The second kappa shape index (κ2) is 10.7. The topological polar surface area (TPSA) is 97.2 Å². The molecule has 0 aromatic heterocycles. The number of carboxylic acid groups (broad SMARTS) is 1. The van der Waals surface area contributed by atoms with Gasteiger partial charge in [-0.1, -0.05) is 32.9 Å². The maximum atomic E-state index is 12.7. The zero-order valence-corrected chi connectivity index (χ0v) is 19.7. The minimum atomic E-state index is -0.985. The Morgan fingerprint density at radius 3 is 2.18 bits per heavy atom. The van der Waals surface area contributed by atoms with Crippen LogP contribution in [0.15, 0.2) is 71.8 Å². The fraction of sp³-hybridized carbons (Fsp3) is 0.222. The highest BCUT2D eigenvalue weighted by Gasteiger charge is 2.16. The van der Waals surface area contributed by atoms with Gasteiger partial charge in [0.25, 0.3) is 0 Å². The molecule has 0 aliphatic carbocycles. The van der Waals surface area contributed by atoms with Gasteiger partial charge in [-0.3, -0.25) is 5.43 Å². The molecular weight excluding hydrogens is 432 g/mol. The van der Waals surface area contributed by atoms with Crippen LogP contribution in [0.1, 0.15) is 59.5 Å². The first kappa shape index (κ1) is 24.5. The van der Waals surface area contributed by atoms with Gasteiger partial charge in [0.05, 0.1) is 29.6 Å². The molecule has 0 aliphatic rings. The first-order valence-electron chi connectivity index (χ1n) is 10.9. The fourth-order valence-electron chi connectivity index (χ4n) is 3.09. The summed E-state index contributed by atoms with van der Waals surface area (Å²) >= 11 is 0. The molecule has 0 saturated heterocycles. The van der Waals surface area contributed by atoms with Crippen LogP contribution in [0.3, 0.4) is 0 Å². The summed E-state index contributed by atoms with van der Waals surface area (Å²) in [6.45, 7) is 8.60. The van der Waals surface area contributed by atoms with E-state index in [0.717, 1.165) is 11.1 Å². The third-order valence-corrected chi connectivity index (χ3v) is 5.00. The fourth-order valence-corrected chi connectivity index (χ4v) is 3.09. The number of aromatic carboxylic acids is 1. The van der Waals surface area contributed by atoms with Gasteiger partial charge in [0, 0.05) is 0 Å². The summed E-state index contributed by atoms with van der Waals surface area (Å²) in [6.07, 6.45) is 1.59. The predicted molar refractivity (Wildman–Crippen MR) is 132 cm³/mol. The summed E-state index contributed by atoms with van der Waals surface area (Å²) < 4.78 is 11.3. The Kier molecular flexibility index (Phi) is 7.68. The summed E-state index contributed by atoms with van der Waals surface area (Å²) in [5, 5.41) is 13.1. The molecule has 176 valence electrons. The van der Waals surface area contributed by atoms with E-state index in [-0.39, 0.29) is 11.0 Å². The zero-order chi connectivity index (χ0) is 24.7. The number of ether oxygens (including phenoxy) is 2. The highest BCUT2D eigenvalue weighted by atomic mass is 16.6. The smallest absolute Gasteiger partial charge is 0.343 e. The van der Waals surface area contributed by atoms with Crippen molar-refractivity contribution in [3.8, 4) is 11.5 Å². The van der Waals surface area contributed by atoms with E-state index in [4.69, 9.17) is 14.6 Å². The lowest BCUT2D eigenvalue weighted by Crippen LogP contribution is -2.13. The van der Waals surface area contributed by atoms with Crippen LogP contribution in [-0.2, 0) is 5.41 Å². The second-order valence-electron chi connectivity index (χ2n) is 8.61. The van der Waals surface area contributed by atoms with E-state index < -0.39 is 11.9 Å². The number of benzene rings is 3. The number of carbonyl (C=O) groups excluding carboxylic acids is 1. The van der Waals surface area contributed by atoms with Crippen molar-refractivity contribution in [2.45, 2.75) is 33.1 Å². The minimum absolute atomic E-state index is 0.00125. The van der Waals surface area contributed by atoms with E-state index >= 15 is 0 Å². The Labute approximate surface area is 199 Å². The normalized spacial score (nSPS) is 11.3. The van der Waals surface area contributed by atoms with Gasteiger partial charge in [-0.25, -0.2) is 9.59 Å². The van der Waals surface area contributed by atoms with Crippen LogP contribution in [0.2, 0.25) is 0 Å². The van der Waals surface area contributed by atoms with Crippen LogP contribution < -0.4 is 14.9 Å². The van der Waals surface area contributed by atoms with Gasteiger partial charge in [0.15, 0.2) is 11.5 Å². The first-order chi connectivity index (χ1) is 16.2. The molecule has 0 atom stereocenters. The number of hydrogen-bond acceptors (Lipinski definition) is 6. The SMILES string of the molecule is CCOc1cc(C=NNc2ccc(C(=O)O)cc2)ccc1OC(=O)c1ccc(C(C)(C)C)cc1. The zero-order valence-electron chi connectivity index (χ0n) is 19.7. The molecule has 0 bridgehead atoms. The number of carboxylic acids is 1. The van der Waals surface area contributed by atoms with Gasteiger partial charge in [0.1, 0.15) is 0 Å². The molecule has 0 unspecified atom stereocenters. The van der Waals surface area contributed by atoms with Crippen LogP contribution in [0.5, 0.6) is 11.5 Å². The maximum absolute atomic E-state index is 12.7. The van der Waals surface area contributed by atoms with E-state index in [1.54, 1.807) is 48.7 Å². The van der Waals surface area contributed by atoms with Crippen LogP contribution in [0.4, 0.5) is 5.69 Å². The van der Waals surface area contributed by atoms with Crippen molar-refractivity contribution in [2.75, 3.05) is 12.0 Å². The van der Waals surface area contributed by atoms with Crippen molar-refractivity contribution in [1.29, 1.82) is 0 Å². The van der Waals surface area contributed by atoms with E-state index in [1.165, 1.54) is 12.1 Å². The van der Waals surface area contributed by atoms with Gasteiger partial charge in [-0.2, -0.15) is 5.10 Å². The van der Waals surface area contributed by atoms with Crippen LogP contribution >= 0.6 is 0 Å². The predicted octanol–water partition coefficient (Wildman–Crippen LogP) is 5.75. The standard InChI is InChI=1S/C27H28N2O5/c1-5-33-24-16-18(17-28-29-22-13-9-19(10-14-22)25(30)31)6-15-23(24)34-26(32)20-7-11-21(12-8-20)27(2,3)4/h6-17,29H,5H2,1-4H3,(H,30,31). The lowest BCUT2D eigenvalue weighted by atomic mass is 9.87. The molecule has 0 radical (unpaired) electrons. The van der Waals surface area contributed by atoms with Crippen molar-refractivity contribution >= 4 is 23.8 Å². The highest BCUT2D eigenvalue weighted by molar-refractivity contribution is 5.92. The molecule has 7 nitrogen and oxygen atoms in total. The van der Waals surface area contributed by atoms with Gasteiger partial charge < -0.3 is 14.6 Å². The van der Waals surface area contributed by atoms with Crippen LogP contribution in [0, 0.1) is 0 Å². The molecule has 0 amide bonds. The molecule has 34 heavy (non-hydrogen) atoms. The molecule has 0 fully saturated rings. The molecule has 7 heteroatoms. The number of hydrazone groups is 1. The minimum Gasteiger partial charge on any atom is -0.490 e. The lowest BCUT2D eigenvalue weighted by Gasteiger charge is -2.19. The Hall–Kier alpha value is -4.13. The van der Waals surface area contributed by atoms with E-state index in [9.17, 15) is 9.59 Å². The molecule has 2 N–H and O–H groups in total. The summed E-state index contributed by atoms with van der Waals surface area (Å²) in [4.78, 5) is 23.6.